The van der Waals surface area contributed by atoms with Crippen LogP contribution in [0, 0.1) is 0 Å². The van der Waals surface area contributed by atoms with Crippen LogP contribution < -0.4 is 24.8 Å². The van der Waals surface area contributed by atoms with Gasteiger partial charge in [-0.2, -0.15) is 0 Å². The first-order valence-electron chi connectivity index (χ1n) is 4.52. The van der Waals surface area contributed by atoms with Crippen molar-refractivity contribution in [2.45, 2.75) is 26.2 Å². The molecule has 1 aliphatic carbocycles. The molecule has 0 fully saturated rings. The molecule has 0 bridgehead atoms. The van der Waals surface area contributed by atoms with Crippen LogP contribution in [0.25, 0.3) is 0 Å². The Morgan fingerprint density at radius 3 is 2.64 bits per heavy atom. The molecule has 0 radical (unpaired) electrons. The third-order valence-corrected chi connectivity index (χ3v) is 2.75. The second-order valence-electron chi connectivity index (χ2n) is 3.02. The van der Waals surface area contributed by atoms with Gasteiger partial charge in [0.1, 0.15) is 0 Å². The van der Waals surface area contributed by atoms with E-state index in [0.29, 0.717) is 0 Å². The summed E-state index contributed by atoms with van der Waals surface area (Å²) in [6.07, 6.45) is 7.89. The molecule has 1 aliphatic rings. The molecular weight excluding hydrogens is 255 g/mol. The first-order valence-corrected chi connectivity index (χ1v) is 5.30. The van der Waals surface area contributed by atoms with Crippen molar-refractivity contribution in [3.8, 4) is 0 Å². The predicted octanol–water partition coefficient (Wildman–Crippen LogP) is -3.43. The average Bonchev–Trinajstić information content (AvgIpc) is 2.46. The molecule has 0 saturated heterocycles. The zero-order valence-electron chi connectivity index (χ0n) is 8.35. The van der Waals surface area contributed by atoms with Gasteiger partial charge in [-0.1, -0.05) is 0 Å². The first-order chi connectivity index (χ1) is 5.84. The van der Waals surface area contributed by atoms with E-state index in [1.807, 2.05) is 0 Å². The van der Waals surface area contributed by atoms with Crippen molar-refractivity contribution in [1.29, 1.82) is 0 Å². The average molecular weight is 270 g/mol. The maximum absolute atomic E-state index is 5.52. The van der Waals surface area contributed by atoms with Crippen molar-refractivity contribution in [2.75, 3.05) is 13.2 Å². The summed E-state index contributed by atoms with van der Waals surface area (Å²) >= 11 is 2.18. The Hall–Kier alpha value is 0.734. The molecular formula is C10H15Cl2OTi. The minimum Gasteiger partial charge on any atom is -1.00 e. The topological polar surface area (TPSA) is 9.23 Å². The standard InChI is InChI=1S/C10H15O.2ClH.Ti/c1-2-3-8-11-9-10-6-4-5-7-10;;;/h4,6H,2-3,5,8-9H2,1H3;2*1H;/q;;;+2/p-2. The molecule has 0 unspecified atom stereocenters. The maximum Gasteiger partial charge on any atom is -1.00 e. The summed E-state index contributed by atoms with van der Waals surface area (Å²) < 4.78 is 6.98. The van der Waals surface area contributed by atoms with Gasteiger partial charge in [0.25, 0.3) is 0 Å². The number of unbranched alkanes of at least 4 members (excludes halogenated alkanes) is 1. The minimum absolute atomic E-state index is 0. The van der Waals surface area contributed by atoms with Crippen LogP contribution in [0.2, 0.25) is 0 Å². The summed E-state index contributed by atoms with van der Waals surface area (Å²) in [5, 5.41) is 0. The van der Waals surface area contributed by atoms with E-state index in [4.69, 9.17) is 4.74 Å². The van der Waals surface area contributed by atoms with Gasteiger partial charge in [-0.25, -0.2) is 0 Å². The van der Waals surface area contributed by atoms with Gasteiger partial charge in [-0.05, 0) is 0 Å². The quantitative estimate of drug-likeness (QED) is 0.373. The third kappa shape index (κ3) is 6.26. The Labute approximate surface area is 111 Å². The first kappa shape index (κ1) is 17.1. The molecule has 0 saturated carbocycles. The van der Waals surface area contributed by atoms with Crippen molar-refractivity contribution in [1.82, 2.24) is 0 Å². The normalized spacial score (nSPS) is 13.9. The van der Waals surface area contributed by atoms with E-state index in [2.05, 4.69) is 39.5 Å². The largest absolute Gasteiger partial charge is 1.00 e. The molecule has 0 amide bonds. The van der Waals surface area contributed by atoms with Crippen molar-refractivity contribution in [3.63, 3.8) is 0 Å². The van der Waals surface area contributed by atoms with Gasteiger partial charge in [0, 0.05) is 0 Å². The van der Waals surface area contributed by atoms with Crippen molar-refractivity contribution in [2.24, 2.45) is 0 Å². The van der Waals surface area contributed by atoms with Gasteiger partial charge in [-0.15, -0.1) is 0 Å². The molecule has 0 N–H and O–H groups in total. The maximum atomic E-state index is 5.52. The van der Waals surface area contributed by atoms with Gasteiger partial charge < -0.3 is 24.8 Å². The molecule has 0 aromatic heterocycles. The van der Waals surface area contributed by atoms with Crippen LogP contribution in [-0.2, 0) is 25.2 Å². The third-order valence-electron chi connectivity index (χ3n) is 1.93. The van der Waals surface area contributed by atoms with Gasteiger partial charge in [0.2, 0.25) is 0 Å². The molecule has 79 valence electrons. The van der Waals surface area contributed by atoms with Gasteiger partial charge in [-0.3, -0.25) is 0 Å². The molecule has 0 aromatic rings. The predicted molar refractivity (Wildman–Crippen MR) is 46.5 cm³/mol. The molecule has 1 nitrogen and oxygen atoms in total. The fraction of sp³-hybridized carbons (Fsp3) is 0.600. The smallest absolute Gasteiger partial charge is 1.00 e. The summed E-state index contributed by atoms with van der Waals surface area (Å²) in [5.74, 6) is 0. The van der Waals surface area contributed by atoms with Crippen LogP contribution in [0.15, 0.2) is 21.6 Å². The molecule has 0 spiro atoms. The Bertz CT molecular complexity index is 202. The number of allylic oxidation sites excluding steroid dienone is 2. The van der Waals surface area contributed by atoms with Gasteiger partial charge >= 0.3 is 86.2 Å². The molecule has 0 heterocycles. The van der Waals surface area contributed by atoms with Crippen LogP contribution in [0.4, 0.5) is 0 Å². The van der Waals surface area contributed by atoms with Crippen LogP contribution in [0.1, 0.15) is 26.2 Å². The van der Waals surface area contributed by atoms with E-state index in [-0.39, 0.29) is 24.8 Å². The van der Waals surface area contributed by atoms with Gasteiger partial charge in [0.05, 0.1) is 0 Å². The second kappa shape index (κ2) is 10.3. The zero-order valence-corrected chi connectivity index (χ0v) is 11.4. The minimum atomic E-state index is 0. The fourth-order valence-electron chi connectivity index (χ4n) is 1.11. The fourth-order valence-corrected chi connectivity index (χ4v) is 1.54. The summed E-state index contributed by atoms with van der Waals surface area (Å²) in [7, 11) is 0. The Kier molecular flexibility index (Phi) is 12.6. The number of halogens is 2. The number of rotatable bonds is 5. The molecule has 0 aromatic carbocycles. The zero-order chi connectivity index (χ0) is 8.81. The van der Waals surface area contributed by atoms with E-state index in [0.717, 1.165) is 19.6 Å². The van der Waals surface area contributed by atoms with Gasteiger partial charge in [0.15, 0.2) is 0 Å². The number of ether oxygens (including phenoxy) is 1. The summed E-state index contributed by atoms with van der Waals surface area (Å²) in [4.78, 5) is 0. The van der Waals surface area contributed by atoms with Crippen LogP contribution in [0.5, 0.6) is 0 Å². The Balaban J connectivity index is 0. The molecule has 1 rings (SSSR count). The van der Waals surface area contributed by atoms with Crippen LogP contribution >= 0.6 is 0 Å². The molecule has 14 heavy (non-hydrogen) atoms. The summed E-state index contributed by atoms with van der Waals surface area (Å²) in [6, 6.07) is 0. The molecule has 0 atom stereocenters. The Morgan fingerprint density at radius 2 is 2.14 bits per heavy atom. The van der Waals surface area contributed by atoms with E-state index >= 15 is 0 Å². The number of hydrogen-bond acceptors (Lipinski definition) is 1. The van der Waals surface area contributed by atoms with Crippen molar-refractivity contribution >= 4 is 0 Å². The molecule has 4 heteroatoms. The summed E-state index contributed by atoms with van der Waals surface area (Å²) in [6.45, 7) is 3.90. The monoisotopic (exact) mass is 269 g/mol. The summed E-state index contributed by atoms with van der Waals surface area (Å²) in [5.41, 5.74) is 1.38. The van der Waals surface area contributed by atoms with E-state index < -0.39 is 0 Å². The van der Waals surface area contributed by atoms with Crippen LogP contribution in [0.3, 0.4) is 0 Å². The van der Waals surface area contributed by atoms with Crippen molar-refractivity contribution in [3.05, 3.63) is 21.6 Å². The van der Waals surface area contributed by atoms with Crippen molar-refractivity contribution < 1.29 is 50.0 Å². The van der Waals surface area contributed by atoms with Crippen LogP contribution in [-0.4, -0.2) is 13.2 Å². The Morgan fingerprint density at radius 1 is 1.43 bits per heavy atom. The second-order valence-corrected chi connectivity index (χ2v) is 3.96. The van der Waals surface area contributed by atoms with E-state index in [1.54, 1.807) is 0 Å². The molecule has 0 aliphatic heterocycles. The van der Waals surface area contributed by atoms with E-state index in [1.165, 1.54) is 22.3 Å². The van der Waals surface area contributed by atoms with E-state index in [9.17, 15) is 0 Å². The number of hydrogen-bond donors (Lipinski definition) is 0. The SMILES string of the molecule is CCCCOCC1=[C]([Ti+2])CC=C1.[Cl-].[Cl-].